The van der Waals surface area contributed by atoms with Crippen LogP contribution in [0.5, 0.6) is 0 Å². The van der Waals surface area contributed by atoms with Gasteiger partial charge in [-0.05, 0) is 24.9 Å². The average Bonchev–Trinajstić information content (AvgIpc) is 1.91. The third kappa shape index (κ3) is 3.48. The predicted octanol–water partition coefficient (Wildman–Crippen LogP) is 2.80. The Bertz CT molecular complexity index is 239. The van der Waals surface area contributed by atoms with Gasteiger partial charge in [-0.2, -0.15) is 0 Å². The third-order valence-electron chi connectivity index (χ3n) is 1.91. The summed E-state index contributed by atoms with van der Waals surface area (Å²) >= 11 is 2.19. The van der Waals surface area contributed by atoms with E-state index in [9.17, 15) is 4.79 Å². The third-order valence-corrected chi connectivity index (χ3v) is 2.32. The smallest absolute Gasteiger partial charge is 0.410 e. The molecule has 0 aromatic carbocycles. The van der Waals surface area contributed by atoms with E-state index in [1.54, 1.807) is 4.90 Å². The first-order valence-electron chi connectivity index (χ1n) is 4.67. The first kappa shape index (κ1) is 11.8. The van der Waals surface area contributed by atoms with Crippen LogP contribution in [0.15, 0.2) is 10.2 Å². The van der Waals surface area contributed by atoms with Crippen LogP contribution in [0.25, 0.3) is 0 Å². The van der Waals surface area contributed by atoms with Crippen molar-refractivity contribution in [2.24, 2.45) is 5.92 Å². The van der Waals surface area contributed by atoms with Crippen LogP contribution in [0.4, 0.5) is 4.79 Å². The second-order valence-electron chi connectivity index (χ2n) is 4.46. The van der Waals surface area contributed by atoms with Crippen LogP contribution in [0, 0.1) is 5.92 Å². The molecule has 1 fully saturated rings. The van der Waals surface area contributed by atoms with Gasteiger partial charge in [-0.25, -0.2) is 4.79 Å². The summed E-state index contributed by atoms with van der Waals surface area (Å²) in [6.45, 7) is 7.22. The lowest BCUT2D eigenvalue weighted by molar-refractivity contribution is 0.00496. The normalized spacial score (nSPS) is 18.4. The molecule has 0 aromatic heterocycles. The quantitative estimate of drug-likeness (QED) is 0.697. The van der Waals surface area contributed by atoms with Crippen molar-refractivity contribution in [2.75, 3.05) is 13.1 Å². The summed E-state index contributed by atoms with van der Waals surface area (Å²) in [5.41, 5.74) is -0.388. The van der Waals surface area contributed by atoms with Gasteiger partial charge >= 0.3 is 6.09 Å². The standard InChI is InChI=1S/C10H16INO2/c1-10(2,3)14-9(13)12-6-8(7-12)4-5-11/h4-5,8H,6-7H2,1-3H3. The molecule has 0 aromatic rings. The molecule has 0 aliphatic carbocycles. The fourth-order valence-corrected chi connectivity index (χ4v) is 1.80. The molecule has 4 heteroatoms. The maximum Gasteiger partial charge on any atom is 0.410 e. The number of ether oxygens (including phenoxy) is 1. The number of halogens is 1. The zero-order valence-electron chi connectivity index (χ0n) is 8.79. The van der Waals surface area contributed by atoms with E-state index in [0.29, 0.717) is 5.92 Å². The molecule has 3 nitrogen and oxygen atoms in total. The monoisotopic (exact) mass is 309 g/mol. The van der Waals surface area contributed by atoms with Gasteiger partial charge in [-0.1, -0.05) is 28.7 Å². The van der Waals surface area contributed by atoms with E-state index in [0.717, 1.165) is 13.1 Å². The molecule has 14 heavy (non-hydrogen) atoms. The van der Waals surface area contributed by atoms with Crippen LogP contribution in [0.1, 0.15) is 20.8 Å². The van der Waals surface area contributed by atoms with Gasteiger partial charge < -0.3 is 9.64 Å². The number of carbonyl (C=O) groups excluding carboxylic acids is 1. The van der Waals surface area contributed by atoms with E-state index in [4.69, 9.17) is 4.74 Å². The lowest BCUT2D eigenvalue weighted by atomic mass is 10.0. The van der Waals surface area contributed by atoms with E-state index in [-0.39, 0.29) is 11.7 Å². The fourth-order valence-electron chi connectivity index (χ4n) is 1.21. The summed E-state index contributed by atoms with van der Waals surface area (Å²) in [6, 6.07) is 0. The highest BCUT2D eigenvalue weighted by atomic mass is 127. The van der Waals surface area contributed by atoms with Crippen LogP contribution in [0.2, 0.25) is 0 Å². The van der Waals surface area contributed by atoms with Crippen LogP contribution >= 0.6 is 22.6 Å². The van der Waals surface area contributed by atoms with Gasteiger partial charge in [0.05, 0.1) is 0 Å². The lowest BCUT2D eigenvalue weighted by Crippen LogP contribution is -2.50. The molecule has 1 aliphatic heterocycles. The van der Waals surface area contributed by atoms with E-state index in [2.05, 4.69) is 28.7 Å². The molecule has 0 unspecified atom stereocenters. The van der Waals surface area contributed by atoms with Crippen molar-refractivity contribution in [3.63, 3.8) is 0 Å². The van der Waals surface area contributed by atoms with Crippen molar-refractivity contribution in [1.29, 1.82) is 0 Å². The van der Waals surface area contributed by atoms with Gasteiger partial charge in [0.15, 0.2) is 0 Å². The largest absolute Gasteiger partial charge is 0.444 e. The van der Waals surface area contributed by atoms with Crippen molar-refractivity contribution in [1.82, 2.24) is 4.90 Å². The van der Waals surface area contributed by atoms with Gasteiger partial charge in [0, 0.05) is 19.0 Å². The van der Waals surface area contributed by atoms with E-state index in [1.807, 2.05) is 24.9 Å². The molecule has 0 saturated carbocycles. The number of carbonyl (C=O) groups is 1. The molecule has 0 spiro atoms. The Labute approximate surface area is 98.6 Å². The molecule has 1 aliphatic rings. The fraction of sp³-hybridized carbons (Fsp3) is 0.700. The first-order chi connectivity index (χ1) is 6.42. The zero-order chi connectivity index (χ0) is 10.8. The maximum absolute atomic E-state index is 11.5. The SMILES string of the molecule is CC(C)(C)OC(=O)N1CC(C=CI)C1. The summed E-state index contributed by atoms with van der Waals surface area (Å²) in [5.74, 6) is 0.513. The molecular formula is C10H16INO2. The Hall–Kier alpha value is -0.260. The maximum atomic E-state index is 11.5. The average molecular weight is 309 g/mol. The Morgan fingerprint density at radius 3 is 2.50 bits per heavy atom. The van der Waals surface area contributed by atoms with E-state index < -0.39 is 0 Å². The Morgan fingerprint density at radius 2 is 2.07 bits per heavy atom. The Morgan fingerprint density at radius 1 is 1.50 bits per heavy atom. The van der Waals surface area contributed by atoms with Gasteiger partial charge in [0.2, 0.25) is 0 Å². The summed E-state index contributed by atoms with van der Waals surface area (Å²) in [7, 11) is 0. The zero-order valence-corrected chi connectivity index (χ0v) is 10.9. The number of amides is 1. The van der Waals surface area contributed by atoms with E-state index in [1.165, 1.54) is 0 Å². The molecule has 1 saturated heterocycles. The van der Waals surface area contributed by atoms with Crippen LogP contribution in [0.3, 0.4) is 0 Å². The molecule has 80 valence electrons. The second-order valence-corrected chi connectivity index (χ2v) is 5.18. The molecule has 0 atom stereocenters. The van der Waals surface area contributed by atoms with Gasteiger partial charge in [0.25, 0.3) is 0 Å². The van der Waals surface area contributed by atoms with Crippen molar-refractivity contribution >= 4 is 28.7 Å². The molecule has 0 radical (unpaired) electrons. The van der Waals surface area contributed by atoms with Gasteiger partial charge in [-0.15, -0.1) is 0 Å². The van der Waals surface area contributed by atoms with Crippen molar-refractivity contribution in [3.05, 3.63) is 10.2 Å². The summed E-state index contributed by atoms with van der Waals surface area (Å²) in [6.07, 6.45) is 1.91. The number of hydrogen-bond acceptors (Lipinski definition) is 2. The van der Waals surface area contributed by atoms with Gasteiger partial charge in [-0.3, -0.25) is 0 Å². The van der Waals surface area contributed by atoms with Crippen molar-refractivity contribution in [2.45, 2.75) is 26.4 Å². The molecule has 0 N–H and O–H groups in total. The molecule has 1 amide bonds. The topological polar surface area (TPSA) is 29.5 Å². The predicted molar refractivity (Wildman–Crippen MR) is 64.5 cm³/mol. The molecule has 0 bridgehead atoms. The molecular weight excluding hydrogens is 293 g/mol. The molecule has 1 heterocycles. The summed E-state index contributed by atoms with van der Waals surface area (Å²) < 4.78 is 7.22. The van der Waals surface area contributed by atoms with Crippen LogP contribution in [-0.2, 0) is 4.74 Å². The Kier molecular flexibility index (Phi) is 3.80. The lowest BCUT2D eigenvalue weighted by Gasteiger charge is -2.38. The first-order valence-corrected chi connectivity index (χ1v) is 5.92. The molecule has 1 rings (SSSR count). The van der Waals surface area contributed by atoms with Crippen LogP contribution < -0.4 is 0 Å². The van der Waals surface area contributed by atoms with E-state index >= 15 is 0 Å². The second kappa shape index (κ2) is 4.51. The van der Waals surface area contributed by atoms with Crippen molar-refractivity contribution in [3.8, 4) is 0 Å². The highest BCUT2D eigenvalue weighted by molar-refractivity contribution is 14.1. The number of rotatable bonds is 1. The minimum atomic E-state index is -0.388. The Balaban J connectivity index is 2.30. The number of likely N-dealkylation sites (tertiary alicyclic amines) is 1. The van der Waals surface area contributed by atoms with Crippen molar-refractivity contribution < 1.29 is 9.53 Å². The highest BCUT2D eigenvalue weighted by Crippen LogP contribution is 2.20. The number of hydrogen-bond donors (Lipinski definition) is 0. The number of nitrogens with zero attached hydrogens (tertiary/aromatic N) is 1. The summed E-state index contributed by atoms with van der Waals surface area (Å²) in [4.78, 5) is 13.2. The minimum absolute atomic E-state index is 0.199. The highest BCUT2D eigenvalue weighted by Gasteiger charge is 2.31. The van der Waals surface area contributed by atoms with Crippen LogP contribution in [-0.4, -0.2) is 29.7 Å². The van der Waals surface area contributed by atoms with Gasteiger partial charge in [0.1, 0.15) is 5.60 Å². The minimum Gasteiger partial charge on any atom is -0.444 e. The summed E-state index contributed by atoms with van der Waals surface area (Å²) in [5, 5.41) is 0.